The van der Waals surface area contributed by atoms with E-state index in [1.165, 1.54) is 17.0 Å². The van der Waals surface area contributed by atoms with Gasteiger partial charge in [0.2, 0.25) is 11.8 Å². The Hall–Kier alpha value is -3.36. The molecule has 0 radical (unpaired) electrons. The average molecular weight is 584 g/mol. The van der Waals surface area contributed by atoms with E-state index in [0.717, 1.165) is 15.4 Å². The standard InChI is InChI=1S/C31H38ClN3O4S/c1-6-28(31(37)33-19-22(2)3)34(20-25-10-8-7-9-11-25)30(36)21-35(29-17-14-26(32)18-24(29)5)40(38,39)27-15-12-23(4)13-16-27/h7-18,22,28H,6,19-21H2,1-5H3,(H,33,37)/t28-/m0/s1. The number of sulfonamides is 1. The smallest absolute Gasteiger partial charge is 0.264 e. The number of carbonyl (C=O) groups excluding carboxylic acids is 2. The van der Waals surface area contributed by atoms with Gasteiger partial charge in [-0.25, -0.2) is 8.42 Å². The molecule has 0 fully saturated rings. The second-order valence-corrected chi connectivity index (χ2v) is 12.6. The third kappa shape index (κ3) is 7.86. The van der Waals surface area contributed by atoms with Crippen molar-refractivity contribution in [2.75, 3.05) is 17.4 Å². The lowest BCUT2D eigenvalue weighted by atomic mass is 10.1. The molecule has 1 atom stereocenters. The first-order valence-electron chi connectivity index (χ1n) is 13.4. The molecule has 0 bridgehead atoms. The molecule has 1 N–H and O–H groups in total. The first-order valence-corrected chi connectivity index (χ1v) is 15.2. The summed E-state index contributed by atoms with van der Waals surface area (Å²) in [6, 6.07) is 19.9. The van der Waals surface area contributed by atoms with Crippen LogP contribution in [-0.2, 0) is 26.2 Å². The largest absolute Gasteiger partial charge is 0.354 e. The maximum atomic E-state index is 14.1. The van der Waals surface area contributed by atoms with Crippen molar-refractivity contribution in [3.05, 3.63) is 94.5 Å². The molecule has 0 saturated heterocycles. The van der Waals surface area contributed by atoms with E-state index in [2.05, 4.69) is 5.32 Å². The van der Waals surface area contributed by atoms with Crippen LogP contribution in [0.1, 0.15) is 43.9 Å². The maximum absolute atomic E-state index is 14.1. The van der Waals surface area contributed by atoms with Gasteiger partial charge in [0.25, 0.3) is 10.0 Å². The van der Waals surface area contributed by atoms with Gasteiger partial charge in [0.1, 0.15) is 12.6 Å². The first-order chi connectivity index (χ1) is 18.9. The summed E-state index contributed by atoms with van der Waals surface area (Å²) in [5.41, 5.74) is 2.70. The number of nitrogens with zero attached hydrogens (tertiary/aromatic N) is 2. The molecule has 7 nitrogen and oxygen atoms in total. The number of rotatable bonds is 12. The van der Waals surface area contributed by atoms with Crippen LogP contribution in [0, 0.1) is 19.8 Å². The Morgan fingerprint density at radius 1 is 0.950 bits per heavy atom. The molecular formula is C31H38ClN3O4S. The molecule has 0 aromatic heterocycles. The summed E-state index contributed by atoms with van der Waals surface area (Å²) < 4.78 is 29.1. The minimum Gasteiger partial charge on any atom is -0.354 e. The summed E-state index contributed by atoms with van der Waals surface area (Å²) in [7, 11) is -4.14. The summed E-state index contributed by atoms with van der Waals surface area (Å²) in [4.78, 5) is 28.9. The van der Waals surface area contributed by atoms with Crippen LogP contribution in [0.2, 0.25) is 5.02 Å². The highest BCUT2D eigenvalue weighted by atomic mass is 35.5. The molecule has 0 aliphatic heterocycles. The van der Waals surface area contributed by atoms with Crippen molar-refractivity contribution in [3.8, 4) is 0 Å². The Morgan fingerprint density at radius 3 is 2.17 bits per heavy atom. The van der Waals surface area contributed by atoms with E-state index in [4.69, 9.17) is 11.6 Å². The third-order valence-electron chi connectivity index (χ3n) is 6.58. The lowest BCUT2D eigenvalue weighted by molar-refractivity contribution is -0.140. The minimum absolute atomic E-state index is 0.0663. The highest BCUT2D eigenvalue weighted by molar-refractivity contribution is 7.92. The number of hydrogen-bond donors (Lipinski definition) is 1. The second kappa shape index (κ2) is 13.8. The van der Waals surface area contributed by atoms with Gasteiger partial charge < -0.3 is 10.2 Å². The zero-order valence-electron chi connectivity index (χ0n) is 23.7. The fraction of sp³-hybridized carbons (Fsp3) is 0.355. The molecule has 0 aliphatic carbocycles. The van der Waals surface area contributed by atoms with E-state index in [-0.39, 0.29) is 23.3 Å². The Labute approximate surface area is 243 Å². The van der Waals surface area contributed by atoms with Gasteiger partial charge in [0.05, 0.1) is 10.6 Å². The Bertz CT molecular complexity index is 1410. The summed E-state index contributed by atoms with van der Waals surface area (Å²) in [6.07, 6.45) is 0.368. The van der Waals surface area contributed by atoms with Gasteiger partial charge in [-0.3, -0.25) is 13.9 Å². The van der Waals surface area contributed by atoms with Gasteiger partial charge in [0.15, 0.2) is 0 Å². The summed E-state index contributed by atoms with van der Waals surface area (Å²) in [5, 5.41) is 3.39. The van der Waals surface area contributed by atoms with E-state index in [1.54, 1.807) is 37.3 Å². The fourth-order valence-electron chi connectivity index (χ4n) is 4.37. The minimum atomic E-state index is -4.14. The second-order valence-electron chi connectivity index (χ2n) is 10.3. The van der Waals surface area contributed by atoms with Crippen LogP contribution < -0.4 is 9.62 Å². The van der Waals surface area contributed by atoms with Crippen LogP contribution in [0.25, 0.3) is 0 Å². The quantitative estimate of drug-likeness (QED) is 0.295. The molecule has 9 heteroatoms. The monoisotopic (exact) mass is 583 g/mol. The molecule has 0 aliphatic rings. The van der Waals surface area contributed by atoms with Crippen molar-refractivity contribution >= 4 is 39.1 Å². The highest BCUT2D eigenvalue weighted by Crippen LogP contribution is 2.29. The van der Waals surface area contributed by atoms with Crippen molar-refractivity contribution in [2.24, 2.45) is 5.92 Å². The third-order valence-corrected chi connectivity index (χ3v) is 8.59. The highest BCUT2D eigenvalue weighted by Gasteiger charge is 2.34. The Balaban J connectivity index is 2.06. The van der Waals surface area contributed by atoms with Gasteiger partial charge >= 0.3 is 0 Å². The Kier molecular flexibility index (Phi) is 10.8. The van der Waals surface area contributed by atoms with Crippen LogP contribution in [-0.4, -0.2) is 44.3 Å². The molecule has 0 spiro atoms. The zero-order chi connectivity index (χ0) is 29.4. The van der Waals surface area contributed by atoms with Crippen LogP contribution in [0.5, 0.6) is 0 Å². The van der Waals surface area contributed by atoms with Crippen LogP contribution in [0.3, 0.4) is 0 Å². The number of hydrogen-bond acceptors (Lipinski definition) is 4. The number of carbonyl (C=O) groups is 2. The van der Waals surface area contributed by atoms with E-state index in [9.17, 15) is 18.0 Å². The van der Waals surface area contributed by atoms with Crippen molar-refractivity contribution in [1.29, 1.82) is 0 Å². The topological polar surface area (TPSA) is 86.8 Å². The van der Waals surface area contributed by atoms with E-state index in [0.29, 0.717) is 29.2 Å². The van der Waals surface area contributed by atoms with Crippen molar-refractivity contribution in [3.63, 3.8) is 0 Å². The molecule has 0 heterocycles. The van der Waals surface area contributed by atoms with E-state index >= 15 is 0 Å². The molecule has 3 aromatic rings. The van der Waals surface area contributed by atoms with Crippen molar-refractivity contribution in [2.45, 2.75) is 58.5 Å². The van der Waals surface area contributed by atoms with Gasteiger partial charge in [-0.1, -0.05) is 80.4 Å². The first kappa shape index (κ1) is 31.2. The van der Waals surface area contributed by atoms with Crippen LogP contribution >= 0.6 is 11.6 Å². The van der Waals surface area contributed by atoms with Gasteiger partial charge in [0, 0.05) is 18.1 Å². The molecule has 3 aromatic carbocycles. The maximum Gasteiger partial charge on any atom is 0.264 e. The van der Waals surface area contributed by atoms with E-state index < -0.39 is 28.5 Å². The number of halogens is 1. The van der Waals surface area contributed by atoms with Gasteiger partial charge in [-0.2, -0.15) is 0 Å². The predicted molar refractivity (Wildman–Crippen MR) is 161 cm³/mol. The lowest BCUT2D eigenvalue weighted by Gasteiger charge is -2.33. The lowest BCUT2D eigenvalue weighted by Crippen LogP contribution is -2.52. The fourth-order valence-corrected chi connectivity index (χ4v) is 6.08. The summed E-state index contributed by atoms with van der Waals surface area (Å²) in [5.74, 6) is -0.515. The number of nitrogens with one attached hydrogen (secondary N) is 1. The van der Waals surface area contributed by atoms with Crippen LogP contribution in [0.15, 0.2) is 77.7 Å². The average Bonchev–Trinajstić information content (AvgIpc) is 2.91. The predicted octanol–water partition coefficient (Wildman–Crippen LogP) is 5.73. The van der Waals surface area contributed by atoms with Gasteiger partial charge in [-0.15, -0.1) is 0 Å². The molecular weight excluding hydrogens is 546 g/mol. The number of aryl methyl sites for hydroxylation is 2. The molecule has 0 unspecified atom stereocenters. The normalized spacial score (nSPS) is 12.2. The molecule has 40 heavy (non-hydrogen) atoms. The molecule has 2 amide bonds. The SMILES string of the molecule is CC[C@@H](C(=O)NCC(C)C)N(Cc1ccccc1)C(=O)CN(c1ccc(Cl)cc1C)S(=O)(=O)c1ccc(C)cc1. The summed E-state index contributed by atoms with van der Waals surface area (Å²) in [6.45, 7) is 9.60. The summed E-state index contributed by atoms with van der Waals surface area (Å²) >= 11 is 6.18. The van der Waals surface area contributed by atoms with E-state index in [1.807, 2.05) is 58.0 Å². The Morgan fingerprint density at radius 2 is 1.60 bits per heavy atom. The van der Waals surface area contributed by atoms with Gasteiger partial charge in [-0.05, 0) is 67.6 Å². The zero-order valence-corrected chi connectivity index (χ0v) is 25.3. The van der Waals surface area contributed by atoms with Crippen LogP contribution in [0.4, 0.5) is 5.69 Å². The van der Waals surface area contributed by atoms with Crippen molar-refractivity contribution in [1.82, 2.24) is 10.2 Å². The molecule has 3 rings (SSSR count). The van der Waals surface area contributed by atoms with Crippen molar-refractivity contribution < 1.29 is 18.0 Å². The molecule has 214 valence electrons. The number of anilines is 1. The molecule has 0 saturated carbocycles. The number of amides is 2. The number of benzene rings is 3.